The lowest BCUT2D eigenvalue weighted by atomic mass is 10.2. The van der Waals surface area contributed by atoms with Crippen LogP contribution in [-0.4, -0.2) is 6.04 Å². The SMILES string of the molecule is C=CC(C)Nc1ccc(Br)c(Cl)c1Cl. The highest BCUT2D eigenvalue weighted by atomic mass is 79.9. The van der Waals surface area contributed by atoms with E-state index in [1.807, 2.05) is 19.1 Å². The molecule has 1 aromatic rings. The van der Waals surface area contributed by atoms with Gasteiger partial charge >= 0.3 is 0 Å². The molecule has 0 aliphatic heterocycles. The summed E-state index contributed by atoms with van der Waals surface area (Å²) in [7, 11) is 0. The van der Waals surface area contributed by atoms with Crippen molar-refractivity contribution in [1.82, 2.24) is 0 Å². The molecule has 0 aliphatic carbocycles. The molecular formula is C10H10BrCl2N. The van der Waals surface area contributed by atoms with Gasteiger partial charge in [0.1, 0.15) is 0 Å². The zero-order chi connectivity index (χ0) is 10.7. The molecule has 0 saturated heterocycles. The van der Waals surface area contributed by atoms with E-state index in [4.69, 9.17) is 23.2 Å². The van der Waals surface area contributed by atoms with Gasteiger partial charge in [-0.25, -0.2) is 0 Å². The summed E-state index contributed by atoms with van der Waals surface area (Å²) in [5, 5.41) is 4.22. The predicted octanol–water partition coefficient (Wildman–Crippen LogP) is 4.74. The Labute approximate surface area is 102 Å². The standard InChI is InChI=1S/C10H10BrCl2N/c1-3-6(2)14-8-5-4-7(11)9(12)10(8)13/h3-6,14H,1H2,2H3. The Morgan fingerprint density at radius 1 is 1.43 bits per heavy atom. The van der Waals surface area contributed by atoms with E-state index in [9.17, 15) is 0 Å². The zero-order valence-corrected chi connectivity index (χ0v) is 10.7. The first-order chi connectivity index (χ1) is 6.56. The third-order valence-corrected chi connectivity index (χ3v) is 3.54. The van der Waals surface area contributed by atoms with Gasteiger partial charge in [0, 0.05) is 10.5 Å². The molecule has 0 saturated carbocycles. The fraction of sp³-hybridized carbons (Fsp3) is 0.200. The van der Waals surface area contributed by atoms with Crippen molar-refractivity contribution in [2.45, 2.75) is 13.0 Å². The number of hydrogen-bond acceptors (Lipinski definition) is 1. The third-order valence-electron chi connectivity index (χ3n) is 1.77. The monoisotopic (exact) mass is 293 g/mol. The largest absolute Gasteiger partial charge is 0.378 e. The number of halogens is 3. The molecule has 0 amide bonds. The van der Waals surface area contributed by atoms with Gasteiger partial charge in [0.05, 0.1) is 15.7 Å². The van der Waals surface area contributed by atoms with E-state index in [1.54, 1.807) is 6.08 Å². The second-order valence-electron chi connectivity index (χ2n) is 2.89. The molecule has 0 heterocycles. The van der Waals surface area contributed by atoms with Crippen molar-refractivity contribution >= 4 is 44.8 Å². The topological polar surface area (TPSA) is 12.0 Å². The molecule has 0 spiro atoms. The van der Waals surface area contributed by atoms with E-state index in [0.29, 0.717) is 10.0 Å². The second kappa shape index (κ2) is 5.06. The van der Waals surface area contributed by atoms with E-state index in [2.05, 4.69) is 27.8 Å². The minimum Gasteiger partial charge on any atom is -0.378 e. The van der Waals surface area contributed by atoms with Crippen molar-refractivity contribution < 1.29 is 0 Å². The molecule has 4 heteroatoms. The second-order valence-corrected chi connectivity index (χ2v) is 4.50. The molecule has 14 heavy (non-hydrogen) atoms. The van der Waals surface area contributed by atoms with Crippen LogP contribution in [-0.2, 0) is 0 Å². The Bertz CT molecular complexity index is 352. The van der Waals surface area contributed by atoms with Crippen molar-refractivity contribution in [2.24, 2.45) is 0 Å². The Morgan fingerprint density at radius 3 is 2.64 bits per heavy atom. The lowest BCUT2D eigenvalue weighted by Crippen LogP contribution is -2.11. The van der Waals surface area contributed by atoms with Gasteiger partial charge in [-0.2, -0.15) is 0 Å². The molecule has 1 nitrogen and oxygen atoms in total. The number of hydrogen-bond donors (Lipinski definition) is 1. The third kappa shape index (κ3) is 2.66. The van der Waals surface area contributed by atoms with Gasteiger partial charge in [-0.05, 0) is 35.0 Å². The van der Waals surface area contributed by atoms with Crippen LogP contribution < -0.4 is 5.32 Å². The smallest absolute Gasteiger partial charge is 0.0835 e. The highest BCUT2D eigenvalue weighted by molar-refractivity contribution is 9.10. The Kier molecular flexibility index (Phi) is 4.30. The Hall–Kier alpha value is -0.180. The molecule has 0 bridgehead atoms. The van der Waals surface area contributed by atoms with Crippen LogP contribution in [0.2, 0.25) is 10.0 Å². The first kappa shape index (κ1) is 11.9. The van der Waals surface area contributed by atoms with E-state index >= 15 is 0 Å². The van der Waals surface area contributed by atoms with Crippen molar-refractivity contribution in [3.05, 3.63) is 39.3 Å². The summed E-state index contributed by atoms with van der Waals surface area (Å²) in [6, 6.07) is 3.88. The summed E-state index contributed by atoms with van der Waals surface area (Å²) in [4.78, 5) is 0. The van der Waals surface area contributed by atoms with Gasteiger partial charge in [-0.1, -0.05) is 29.3 Å². The maximum absolute atomic E-state index is 6.04. The fourth-order valence-electron chi connectivity index (χ4n) is 0.942. The molecule has 0 aliphatic rings. The molecule has 0 radical (unpaired) electrons. The normalized spacial score (nSPS) is 12.3. The van der Waals surface area contributed by atoms with Crippen LogP contribution in [0.25, 0.3) is 0 Å². The molecule has 76 valence electrons. The van der Waals surface area contributed by atoms with Crippen LogP contribution in [0.3, 0.4) is 0 Å². The molecule has 0 aromatic heterocycles. The molecule has 1 rings (SSSR count). The Morgan fingerprint density at radius 2 is 2.07 bits per heavy atom. The van der Waals surface area contributed by atoms with E-state index in [-0.39, 0.29) is 6.04 Å². The number of benzene rings is 1. The van der Waals surface area contributed by atoms with Gasteiger partial charge < -0.3 is 5.32 Å². The van der Waals surface area contributed by atoms with Crippen molar-refractivity contribution in [3.63, 3.8) is 0 Å². The maximum atomic E-state index is 6.04. The summed E-state index contributed by atoms with van der Waals surface area (Å²) >= 11 is 15.3. The van der Waals surface area contributed by atoms with Gasteiger partial charge in [-0.3, -0.25) is 0 Å². The van der Waals surface area contributed by atoms with Crippen LogP contribution in [0.5, 0.6) is 0 Å². The summed E-state index contributed by atoms with van der Waals surface area (Å²) in [5.41, 5.74) is 0.812. The molecular weight excluding hydrogens is 285 g/mol. The fourth-order valence-corrected chi connectivity index (χ4v) is 1.77. The number of rotatable bonds is 3. The number of nitrogens with one attached hydrogen (secondary N) is 1. The van der Waals surface area contributed by atoms with Gasteiger partial charge in [0.25, 0.3) is 0 Å². The summed E-state index contributed by atoms with van der Waals surface area (Å²) in [6.45, 7) is 5.66. The van der Waals surface area contributed by atoms with Crippen LogP contribution in [0, 0.1) is 0 Å². The van der Waals surface area contributed by atoms with Crippen LogP contribution in [0.15, 0.2) is 29.3 Å². The summed E-state index contributed by atoms with van der Waals surface area (Å²) in [5.74, 6) is 0. The van der Waals surface area contributed by atoms with Crippen LogP contribution in [0.1, 0.15) is 6.92 Å². The minimum atomic E-state index is 0.157. The lowest BCUT2D eigenvalue weighted by molar-refractivity contribution is 1.00. The minimum absolute atomic E-state index is 0.157. The molecule has 1 N–H and O–H groups in total. The van der Waals surface area contributed by atoms with Gasteiger partial charge in [0.2, 0.25) is 0 Å². The number of anilines is 1. The summed E-state index contributed by atoms with van der Waals surface area (Å²) < 4.78 is 0.793. The maximum Gasteiger partial charge on any atom is 0.0835 e. The summed E-state index contributed by atoms with van der Waals surface area (Å²) in [6.07, 6.45) is 1.80. The first-order valence-corrected chi connectivity index (χ1v) is 5.63. The predicted molar refractivity (Wildman–Crippen MR) is 67.4 cm³/mol. The molecule has 1 unspecified atom stereocenters. The average molecular weight is 295 g/mol. The van der Waals surface area contributed by atoms with E-state index < -0.39 is 0 Å². The van der Waals surface area contributed by atoms with E-state index in [1.165, 1.54) is 0 Å². The molecule has 1 atom stereocenters. The highest BCUT2D eigenvalue weighted by Crippen LogP contribution is 2.35. The quantitative estimate of drug-likeness (QED) is 0.627. The van der Waals surface area contributed by atoms with Crippen molar-refractivity contribution in [2.75, 3.05) is 5.32 Å². The van der Waals surface area contributed by atoms with Crippen molar-refractivity contribution in [1.29, 1.82) is 0 Å². The molecule has 1 aromatic carbocycles. The van der Waals surface area contributed by atoms with Crippen molar-refractivity contribution in [3.8, 4) is 0 Å². The first-order valence-electron chi connectivity index (χ1n) is 4.09. The zero-order valence-electron chi connectivity index (χ0n) is 7.65. The average Bonchev–Trinajstić information content (AvgIpc) is 2.19. The van der Waals surface area contributed by atoms with Crippen LogP contribution >= 0.6 is 39.1 Å². The van der Waals surface area contributed by atoms with Gasteiger partial charge in [-0.15, -0.1) is 6.58 Å². The van der Waals surface area contributed by atoms with Crippen LogP contribution in [0.4, 0.5) is 5.69 Å². The highest BCUT2D eigenvalue weighted by Gasteiger charge is 2.08. The molecule has 0 fully saturated rings. The van der Waals surface area contributed by atoms with Gasteiger partial charge in [0.15, 0.2) is 0 Å². The lowest BCUT2D eigenvalue weighted by Gasteiger charge is -2.13. The Balaban J connectivity index is 2.99. The van der Waals surface area contributed by atoms with E-state index in [0.717, 1.165) is 10.2 Å².